The lowest BCUT2D eigenvalue weighted by Gasteiger charge is -2.08. The molecule has 0 aliphatic rings. The predicted octanol–water partition coefficient (Wildman–Crippen LogP) is 5.53. The maximum Gasteiger partial charge on any atom is 0.387 e. The zero-order valence-corrected chi connectivity index (χ0v) is 18.8. The number of aromatic nitrogens is 3. The summed E-state index contributed by atoms with van der Waals surface area (Å²) in [5, 5.41) is 4.55. The largest absolute Gasteiger partial charge is 0.486 e. The molecule has 4 rings (SSSR count). The molecule has 0 unspecified atom stereocenters. The molecule has 0 saturated heterocycles. The number of ether oxygens (including phenoxy) is 2. The van der Waals surface area contributed by atoms with Gasteiger partial charge in [0.1, 0.15) is 24.7 Å². The normalized spacial score (nSPS) is 10.9. The SMILES string of the molecule is O=C(Cn1nc(COc2ccccc2)n(Cc2ccccc2)c1=S)c1ccc(OC(F)F)cc1. The minimum atomic E-state index is -2.93. The molecule has 1 aromatic heterocycles. The van der Waals surface area contributed by atoms with Crippen molar-refractivity contribution in [3.63, 3.8) is 0 Å². The lowest BCUT2D eigenvalue weighted by Crippen LogP contribution is -2.12. The first-order valence-corrected chi connectivity index (χ1v) is 10.9. The van der Waals surface area contributed by atoms with Crippen LogP contribution in [-0.4, -0.2) is 26.7 Å². The van der Waals surface area contributed by atoms with Gasteiger partial charge >= 0.3 is 6.61 Å². The van der Waals surface area contributed by atoms with E-state index in [-0.39, 0.29) is 24.7 Å². The molecular formula is C25H21F2N3O3S. The van der Waals surface area contributed by atoms with Crippen LogP contribution in [0.2, 0.25) is 0 Å². The van der Waals surface area contributed by atoms with Crippen LogP contribution in [0.1, 0.15) is 21.7 Å². The third-order valence-corrected chi connectivity index (χ3v) is 5.42. The number of benzene rings is 3. The van der Waals surface area contributed by atoms with Gasteiger partial charge in [-0.25, -0.2) is 4.68 Å². The highest BCUT2D eigenvalue weighted by Gasteiger charge is 2.16. The highest BCUT2D eigenvalue weighted by molar-refractivity contribution is 7.71. The van der Waals surface area contributed by atoms with Gasteiger partial charge in [-0.15, -0.1) is 0 Å². The van der Waals surface area contributed by atoms with Gasteiger partial charge in [0.05, 0.1) is 6.54 Å². The van der Waals surface area contributed by atoms with Crippen LogP contribution >= 0.6 is 12.2 Å². The summed E-state index contributed by atoms with van der Waals surface area (Å²) in [6.45, 7) is -2.39. The first-order chi connectivity index (χ1) is 16.5. The van der Waals surface area contributed by atoms with Gasteiger partial charge in [-0.2, -0.15) is 13.9 Å². The molecule has 0 radical (unpaired) electrons. The zero-order chi connectivity index (χ0) is 23.9. The van der Waals surface area contributed by atoms with Crippen molar-refractivity contribution in [3.8, 4) is 11.5 Å². The molecule has 174 valence electrons. The molecule has 3 aromatic carbocycles. The number of carbonyl (C=O) groups is 1. The number of alkyl halides is 2. The van der Waals surface area contributed by atoms with Crippen LogP contribution in [0.3, 0.4) is 0 Å². The topological polar surface area (TPSA) is 58.3 Å². The quantitative estimate of drug-likeness (QED) is 0.220. The first-order valence-electron chi connectivity index (χ1n) is 10.5. The maximum absolute atomic E-state index is 12.8. The summed E-state index contributed by atoms with van der Waals surface area (Å²) < 4.78 is 38.6. The Balaban J connectivity index is 1.56. The zero-order valence-electron chi connectivity index (χ0n) is 18.0. The molecule has 0 aliphatic heterocycles. The molecule has 1 heterocycles. The van der Waals surface area contributed by atoms with Crippen LogP contribution < -0.4 is 9.47 Å². The summed E-state index contributed by atoms with van der Waals surface area (Å²) >= 11 is 5.63. The van der Waals surface area contributed by atoms with Gasteiger partial charge < -0.3 is 9.47 Å². The van der Waals surface area contributed by atoms with Crippen LogP contribution in [0.15, 0.2) is 84.9 Å². The fourth-order valence-electron chi connectivity index (χ4n) is 3.33. The van der Waals surface area contributed by atoms with Crippen LogP contribution in [0.5, 0.6) is 11.5 Å². The lowest BCUT2D eigenvalue weighted by atomic mass is 10.1. The Hall–Kier alpha value is -3.85. The summed E-state index contributed by atoms with van der Waals surface area (Å²) in [4.78, 5) is 12.8. The third-order valence-electron chi connectivity index (χ3n) is 4.99. The maximum atomic E-state index is 12.8. The Morgan fingerprint density at radius 1 is 0.912 bits per heavy atom. The van der Waals surface area contributed by atoms with E-state index in [9.17, 15) is 13.6 Å². The Bertz CT molecular complexity index is 1290. The highest BCUT2D eigenvalue weighted by atomic mass is 32.1. The molecule has 4 aromatic rings. The van der Waals surface area contributed by atoms with Crippen LogP contribution in [0, 0.1) is 4.77 Å². The molecule has 0 atom stereocenters. The number of rotatable bonds is 10. The van der Waals surface area contributed by atoms with Crippen molar-refractivity contribution >= 4 is 18.0 Å². The van der Waals surface area contributed by atoms with Gasteiger partial charge in [-0.3, -0.25) is 9.36 Å². The van der Waals surface area contributed by atoms with Gasteiger partial charge in [0, 0.05) is 5.56 Å². The number of hydrogen-bond acceptors (Lipinski definition) is 5. The predicted molar refractivity (Wildman–Crippen MR) is 125 cm³/mol. The number of ketones is 1. The number of halogens is 2. The summed E-state index contributed by atoms with van der Waals surface area (Å²) in [5.41, 5.74) is 1.36. The van der Waals surface area contributed by atoms with E-state index in [4.69, 9.17) is 17.0 Å². The molecule has 0 N–H and O–H groups in total. The number of carbonyl (C=O) groups excluding carboxylic acids is 1. The van der Waals surface area contributed by atoms with Crippen molar-refractivity contribution in [2.24, 2.45) is 0 Å². The fraction of sp³-hybridized carbons (Fsp3) is 0.160. The van der Waals surface area contributed by atoms with E-state index in [1.54, 1.807) is 0 Å². The summed E-state index contributed by atoms with van der Waals surface area (Å²) in [5.74, 6) is 0.984. The molecule has 34 heavy (non-hydrogen) atoms. The first kappa shape index (κ1) is 23.3. The Labute approximate surface area is 200 Å². The van der Waals surface area contributed by atoms with E-state index in [1.807, 2.05) is 65.2 Å². The number of Topliss-reactive ketones (excluding diaryl/α,β-unsaturated/α-hetero) is 1. The summed E-state index contributed by atoms with van der Waals surface area (Å²) in [6, 6.07) is 24.6. The molecular weight excluding hydrogens is 460 g/mol. The van der Waals surface area contributed by atoms with Gasteiger partial charge in [-0.05, 0) is 54.2 Å². The average Bonchev–Trinajstić information content (AvgIpc) is 3.13. The molecule has 9 heteroatoms. The number of nitrogens with zero attached hydrogens (tertiary/aromatic N) is 3. The second-order valence-corrected chi connectivity index (χ2v) is 7.72. The molecule has 0 spiro atoms. The Morgan fingerprint density at radius 3 is 2.21 bits per heavy atom. The monoisotopic (exact) mass is 481 g/mol. The van der Waals surface area contributed by atoms with Crippen molar-refractivity contribution in [1.82, 2.24) is 14.3 Å². The van der Waals surface area contributed by atoms with E-state index >= 15 is 0 Å². The standard InChI is InChI=1S/C25H21F2N3O3S/c26-24(27)33-21-13-11-19(12-14-21)22(31)16-30-25(34)29(15-18-7-3-1-4-8-18)23(28-30)17-32-20-9-5-2-6-10-20/h1-14,24H,15-17H2. The third kappa shape index (κ3) is 5.93. The van der Waals surface area contributed by atoms with E-state index in [0.29, 0.717) is 28.5 Å². The van der Waals surface area contributed by atoms with E-state index in [1.165, 1.54) is 28.9 Å². The second-order valence-electron chi connectivity index (χ2n) is 7.36. The van der Waals surface area contributed by atoms with Gasteiger partial charge in [0.2, 0.25) is 0 Å². The van der Waals surface area contributed by atoms with Crippen molar-refractivity contribution in [2.75, 3.05) is 0 Å². The van der Waals surface area contributed by atoms with Crippen molar-refractivity contribution in [3.05, 3.63) is 107 Å². The molecule has 0 saturated carbocycles. The Morgan fingerprint density at radius 2 is 1.56 bits per heavy atom. The average molecular weight is 482 g/mol. The van der Waals surface area contributed by atoms with E-state index < -0.39 is 6.61 Å². The van der Waals surface area contributed by atoms with Crippen molar-refractivity contribution in [1.29, 1.82) is 0 Å². The number of para-hydroxylation sites is 1. The van der Waals surface area contributed by atoms with Gasteiger partial charge in [0.15, 0.2) is 16.4 Å². The molecule has 0 fully saturated rings. The molecule has 6 nitrogen and oxygen atoms in total. The van der Waals surface area contributed by atoms with E-state index in [2.05, 4.69) is 9.84 Å². The Kier molecular flexibility index (Phi) is 7.44. The summed E-state index contributed by atoms with van der Waals surface area (Å²) in [6.07, 6.45) is 0. The van der Waals surface area contributed by atoms with Gasteiger partial charge in [-0.1, -0.05) is 48.5 Å². The smallest absolute Gasteiger partial charge is 0.387 e. The van der Waals surface area contributed by atoms with Crippen LogP contribution in [-0.2, 0) is 19.7 Å². The van der Waals surface area contributed by atoms with Crippen molar-refractivity contribution in [2.45, 2.75) is 26.3 Å². The van der Waals surface area contributed by atoms with E-state index in [0.717, 1.165) is 5.56 Å². The highest BCUT2D eigenvalue weighted by Crippen LogP contribution is 2.17. The van der Waals surface area contributed by atoms with Crippen LogP contribution in [0.4, 0.5) is 8.78 Å². The number of hydrogen-bond donors (Lipinski definition) is 0. The van der Waals surface area contributed by atoms with Gasteiger partial charge in [0.25, 0.3) is 0 Å². The van der Waals surface area contributed by atoms with Crippen LogP contribution in [0.25, 0.3) is 0 Å². The lowest BCUT2D eigenvalue weighted by molar-refractivity contribution is -0.0498. The molecule has 0 aliphatic carbocycles. The second kappa shape index (κ2) is 10.8. The minimum Gasteiger partial charge on any atom is -0.486 e. The summed E-state index contributed by atoms with van der Waals surface area (Å²) in [7, 11) is 0. The minimum absolute atomic E-state index is 0.0179. The fourth-order valence-corrected chi connectivity index (χ4v) is 3.61. The van der Waals surface area contributed by atoms with Crippen molar-refractivity contribution < 1.29 is 23.0 Å². The molecule has 0 amide bonds. The molecule has 0 bridgehead atoms.